The summed E-state index contributed by atoms with van der Waals surface area (Å²) in [5.41, 5.74) is 0. The molecule has 1 heterocycles. The van der Waals surface area contributed by atoms with E-state index < -0.39 is 0 Å². The molecule has 0 aliphatic carbocycles. The third kappa shape index (κ3) is 4.21. The van der Waals surface area contributed by atoms with Crippen molar-refractivity contribution in [1.82, 2.24) is 5.32 Å². The zero-order chi connectivity index (χ0) is 14.3. The van der Waals surface area contributed by atoms with Crippen molar-refractivity contribution in [2.45, 2.75) is 6.10 Å². The first-order valence-corrected chi connectivity index (χ1v) is 7.18. The van der Waals surface area contributed by atoms with Gasteiger partial charge in [0, 0.05) is 19.2 Å². The Morgan fingerprint density at radius 2 is 1.81 bits per heavy atom. The minimum Gasteiger partial charge on any atom is -0.491 e. The molecule has 0 spiro atoms. The number of para-hydroxylation sites is 1. The van der Waals surface area contributed by atoms with Crippen LogP contribution >= 0.6 is 0 Å². The molecular weight excluding hydrogens is 266 g/mol. The zero-order valence-electron chi connectivity index (χ0n) is 11.8. The molecule has 3 rings (SSSR count). The minimum absolute atomic E-state index is 0.109. The molecule has 1 N–H and O–H groups in total. The van der Waals surface area contributed by atoms with Crippen molar-refractivity contribution in [2.75, 3.05) is 26.3 Å². The van der Waals surface area contributed by atoms with Crippen LogP contribution in [0.25, 0.3) is 0 Å². The minimum atomic E-state index is 0.109. The molecule has 1 atom stereocenters. The predicted octanol–water partition coefficient (Wildman–Crippen LogP) is 2.85. The van der Waals surface area contributed by atoms with Crippen LogP contribution in [0, 0.1) is 0 Å². The fourth-order valence-electron chi connectivity index (χ4n) is 2.17. The summed E-state index contributed by atoms with van der Waals surface area (Å²) in [6.45, 7) is 3.03. The van der Waals surface area contributed by atoms with Gasteiger partial charge in [-0.15, -0.1) is 0 Å². The van der Waals surface area contributed by atoms with Crippen LogP contribution in [0.5, 0.6) is 17.2 Å². The number of benzene rings is 2. The van der Waals surface area contributed by atoms with E-state index in [0.717, 1.165) is 36.9 Å². The summed E-state index contributed by atoms with van der Waals surface area (Å²) < 4.78 is 17.2. The molecule has 2 aromatic rings. The van der Waals surface area contributed by atoms with Gasteiger partial charge in [0.05, 0.1) is 6.61 Å². The van der Waals surface area contributed by atoms with Crippen LogP contribution in [0.4, 0.5) is 0 Å². The summed E-state index contributed by atoms with van der Waals surface area (Å²) in [7, 11) is 0. The van der Waals surface area contributed by atoms with E-state index in [1.54, 1.807) is 0 Å². The lowest BCUT2D eigenvalue weighted by Gasteiger charge is -2.23. The number of nitrogens with one attached hydrogen (secondary N) is 1. The maximum Gasteiger partial charge on any atom is 0.131 e. The van der Waals surface area contributed by atoms with Crippen molar-refractivity contribution in [3.8, 4) is 17.2 Å². The second-order valence-corrected chi connectivity index (χ2v) is 4.90. The van der Waals surface area contributed by atoms with Crippen LogP contribution in [0.2, 0.25) is 0 Å². The maximum absolute atomic E-state index is 5.79. The Labute approximate surface area is 124 Å². The fourth-order valence-corrected chi connectivity index (χ4v) is 2.17. The quantitative estimate of drug-likeness (QED) is 0.917. The summed E-state index contributed by atoms with van der Waals surface area (Å²) in [4.78, 5) is 0. The van der Waals surface area contributed by atoms with Crippen molar-refractivity contribution in [3.63, 3.8) is 0 Å². The lowest BCUT2D eigenvalue weighted by molar-refractivity contribution is 0.000164. The predicted molar refractivity (Wildman–Crippen MR) is 81.1 cm³/mol. The Balaban J connectivity index is 1.57. The molecule has 0 radical (unpaired) electrons. The van der Waals surface area contributed by atoms with Gasteiger partial charge < -0.3 is 19.5 Å². The first-order chi connectivity index (χ1) is 10.4. The molecular formula is C17H19NO3. The highest BCUT2D eigenvalue weighted by atomic mass is 16.5. The van der Waals surface area contributed by atoms with Crippen LogP contribution in [-0.2, 0) is 4.74 Å². The third-order valence-corrected chi connectivity index (χ3v) is 3.22. The molecule has 0 amide bonds. The number of rotatable bonds is 5. The second kappa shape index (κ2) is 7.11. The lowest BCUT2D eigenvalue weighted by atomic mass is 10.3. The molecule has 1 saturated heterocycles. The highest BCUT2D eigenvalue weighted by molar-refractivity contribution is 5.36. The molecule has 4 heteroatoms. The Morgan fingerprint density at radius 3 is 2.62 bits per heavy atom. The topological polar surface area (TPSA) is 39.7 Å². The van der Waals surface area contributed by atoms with Gasteiger partial charge in [0.25, 0.3) is 0 Å². The molecule has 1 unspecified atom stereocenters. The van der Waals surface area contributed by atoms with Gasteiger partial charge in [-0.1, -0.05) is 24.3 Å². The summed E-state index contributed by atoms with van der Waals surface area (Å²) in [6, 6.07) is 17.4. The van der Waals surface area contributed by atoms with Crippen LogP contribution in [0.3, 0.4) is 0 Å². The molecule has 21 heavy (non-hydrogen) atoms. The van der Waals surface area contributed by atoms with E-state index in [4.69, 9.17) is 14.2 Å². The van der Waals surface area contributed by atoms with Crippen LogP contribution in [-0.4, -0.2) is 32.4 Å². The third-order valence-electron chi connectivity index (χ3n) is 3.22. The van der Waals surface area contributed by atoms with E-state index in [9.17, 15) is 0 Å². The zero-order valence-corrected chi connectivity index (χ0v) is 11.8. The van der Waals surface area contributed by atoms with E-state index in [1.807, 2.05) is 54.6 Å². The van der Waals surface area contributed by atoms with E-state index in [0.29, 0.717) is 6.61 Å². The smallest absolute Gasteiger partial charge is 0.131 e. The number of hydrogen-bond acceptors (Lipinski definition) is 4. The van der Waals surface area contributed by atoms with E-state index in [-0.39, 0.29) is 6.10 Å². The van der Waals surface area contributed by atoms with Crippen molar-refractivity contribution in [1.29, 1.82) is 0 Å². The summed E-state index contributed by atoms with van der Waals surface area (Å²) >= 11 is 0. The van der Waals surface area contributed by atoms with E-state index in [1.165, 1.54) is 0 Å². The highest BCUT2D eigenvalue weighted by Gasteiger charge is 2.13. The van der Waals surface area contributed by atoms with Gasteiger partial charge in [-0.2, -0.15) is 0 Å². The van der Waals surface area contributed by atoms with Gasteiger partial charge in [-0.05, 0) is 24.3 Å². The monoisotopic (exact) mass is 285 g/mol. The summed E-state index contributed by atoms with van der Waals surface area (Å²) in [6.07, 6.45) is 0.109. The van der Waals surface area contributed by atoms with Gasteiger partial charge in [0.2, 0.25) is 0 Å². The lowest BCUT2D eigenvalue weighted by Crippen LogP contribution is -2.41. The summed E-state index contributed by atoms with van der Waals surface area (Å²) in [5, 5.41) is 3.29. The first-order valence-electron chi connectivity index (χ1n) is 7.18. The molecule has 0 saturated carbocycles. The van der Waals surface area contributed by atoms with Crippen LogP contribution in [0.15, 0.2) is 54.6 Å². The average molecular weight is 285 g/mol. The molecule has 0 bridgehead atoms. The number of hydrogen-bond donors (Lipinski definition) is 1. The first kappa shape index (κ1) is 13.9. The van der Waals surface area contributed by atoms with Gasteiger partial charge >= 0.3 is 0 Å². The van der Waals surface area contributed by atoms with Gasteiger partial charge in [0.1, 0.15) is 30.0 Å². The van der Waals surface area contributed by atoms with E-state index in [2.05, 4.69) is 5.32 Å². The molecule has 2 aromatic carbocycles. The Kier molecular flexibility index (Phi) is 4.71. The summed E-state index contributed by atoms with van der Waals surface area (Å²) in [5.74, 6) is 2.37. The number of morpholine rings is 1. The van der Waals surface area contributed by atoms with Crippen molar-refractivity contribution in [2.24, 2.45) is 0 Å². The maximum atomic E-state index is 5.79. The molecule has 110 valence electrons. The van der Waals surface area contributed by atoms with E-state index >= 15 is 0 Å². The SMILES string of the molecule is c1ccc(Oc2cccc(OCC3CNCCO3)c2)cc1. The van der Waals surface area contributed by atoms with Crippen LogP contribution in [0.1, 0.15) is 0 Å². The normalized spacial score (nSPS) is 18.2. The van der Waals surface area contributed by atoms with Crippen molar-refractivity contribution >= 4 is 0 Å². The molecule has 1 fully saturated rings. The van der Waals surface area contributed by atoms with Crippen molar-refractivity contribution in [3.05, 3.63) is 54.6 Å². The number of ether oxygens (including phenoxy) is 3. The van der Waals surface area contributed by atoms with Crippen LogP contribution < -0.4 is 14.8 Å². The molecule has 1 aliphatic heterocycles. The van der Waals surface area contributed by atoms with Gasteiger partial charge in [0.15, 0.2) is 0 Å². The fraction of sp³-hybridized carbons (Fsp3) is 0.294. The van der Waals surface area contributed by atoms with Gasteiger partial charge in [-0.3, -0.25) is 0 Å². The molecule has 1 aliphatic rings. The van der Waals surface area contributed by atoms with Gasteiger partial charge in [-0.25, -0.2) is 0 Å². The second-order valence-electron chi connectivity index (χ2n) is 4.90. The molecule has 4 nitrogen and oxygen atoms in total. The molecule has 0 aromatic heterocycles. The Bertz CT molecular complexity index is 553. The Hall–Kier alpha value is -2.04. The average Bonchev–Trinajstić information content (AvgIpc) is 2.55. The Morgan fingerprint density at radius 1 is 1.00 bits per heavy atom. The largest absolute Gasteiger partial charge is 0.491 e. The van der Waals surface area contributed by atoms with Crippen molar-refractivity contribution < 1.29 is 14.2 Å². The standard InChI is InChI=1S/C17H19NO3/c1-2-5-14(6-3-1)21-16-8-4-7-15(11-16)20-13-17-12-18-9-10-19-17/h1-8,11,17-18H,9-10,12-13H2. The highest BCUT2D eigenvalue weighted by Crippen LogP contribution is 2.25.